The zero-order chi connectivity index (χ0) is 37.9. The molecule has 5 rings (SSSR count). The fourth-order valence-electron chi connectivity index (χ4n) is 5.50. The Morgan fingerprint density at radius 1 is 0.941 bits per heavy atom. The molecule has 0 spiro atoms. The molecule has 1 aliphatic heterocycles. The molecule has 3 aromatic rings. The number of alkyl halides is 3. The molecule has 1 aliphatic carbocycles. The van der Waals surface area contributed by atoms with Crippen LogP contribution in [0.3, 0.4) is 0 Å². The van der Waals surface area contributed by atoms with Gasteiger partial charge in [-0.15, -0.1) is 11.3 Å². The van der Waals surface area contributed by atoms with Crippen molar-refractivity contribution >= 4 is 46.9 Å². The molecule has 274 valence electrons. The molecule has 51 heavy (non-hydrogen) atoms. The molecule has 0 bridgehead atoms. The summed E-state index contributed by atoms with van der Waals surface area (Å²) in [5.41, 5.74) is 19.6. The predicted octanol–water partition coefficient (Wildman–Crippen LogP) is 3.40. The van der Waals surface area contributed by atoms with Gasteiger partial charge in [0.25, 0.3) is 17.7 Å². The largest absolute Gasteiger partial charge is 0.490 e. The fraction of sp³-hybridized carbons (Fsp3) is 0.353. The SMILES string of the molecule is NC(=O)c1sc2c(c1C(=O)N1CCCC(C(N)=O)C1)CCCC2.NCc1cccc(C(=O)NC(C(=O)O)c2ccccc2)c1.O=C(O)C(F)(F)F. The highest BCUT2D eigenvalue weighted by Crippen LogP contribution is 2.35. The highest BCUT2D eigenvalue weighted by Gasteiger charge is 2.38. The number of thiophene rings is 1. The first-order valence-electron chi connectivity index (χ1n) is 15.8. The minimum atomic E-state index is -5.08. The van der Waals surface area contributed by atoms with Gasteiger partial charge in [-0.05, 0) is 67.3 Å². The van der Waals surface area contributed by atoms with Gasteiger partial charge in [0.15, 0.2) is 6.04 Å². The third kappa shape index (κ3) is 11.1. The predicted molar refractivity (Wildman–Crippen MR) is 180 cm³/mol. The van der Waals surface area contributed by atoms with Gasteiger partial charge in [-0.1, -0.05) is 42.5 Å². The quantitative estimate of drug-likeness (QED) is 0.199. The van der Waals surface area contributed by atoms with Crippen molar-refractivity contribution in [2.24, 2.45) is 23.1 Å². The lowest BCUT2D eigenvalue weighted by molar-refractivity contribution is -0.192. The van der Waals surface area contributed by atoms with E-state index in [-0.39, 0.29) is 17.7 Å². The average Bonchev–Trinajstić information content (AvgIpc) is 3.51. The second-order valence-corrected chi connectivity index (χ2v) is 12.7. The Kier molecular flexibility index (Phi) is 14.2. The normalized spacial score (nSPS) is 15.8. The Labute approximate surface area is 294 Å². The molecular formula is C34H38F3N5O8S. The number of aliphatic carboxylic acids is 2. The minimum Gasteiger partial charge on any atom is -0.479 e. The van der Waals surface area contributed by atoms with E-state index in [4.69, 9.17) is 27.1 Å². The number of hydrogen-bond acceptors (Lipinski definition) is 8. The van der Waals surface area contributed by atoms with Crippen LogP contribution in [0, 0.1) is 5.92 Å². The third-order valence-electron chi connectivity index (χ3n) is 8.04. The number of carboxylic acid groups (broad SMARTS) is 2. The van der Waals surface area contributed by atoms with Gasteiger partial charge in [0.1, 0.15) is 4.88 Å². The first kappa shape index (κ1) is 40.1. The second-order valence-electron chi connectivity index (χ2n) is 11.6. The van der Waals surface area contributed by atoms with E-state index in [2.05, 4.69) is 5.32 Å². The standard InChI is InChI=1S/C16H21N3O3S.C16H16N2O3.C2HF3O2/c17-14(20)9-4-3-7-19(8-9)16(22)12-10-5-1-2-6-11(10)23-13(12)15(18)21;17-10-11-5-4-8-13(9-11)15(19)18-14(16(20)21)12-6-2-1-3-7-12;3-2(4,5)1(6)7/h9H,1-8H2,(H2,17,20)(H2,18,21);1-9,14H,10,17H2,(H,18,19)(H,20,21);(H,6,7). The number of amides is 4. The molecule has 1 aromatic heterocycles. The van der Waals surface area contributed by atoms with Crippen molar-refractivity contribution in [1.29, 1.82) is 0 Å². The first-order valence-corrected chi connectivity index (χ1v) is 16.6. The molecule has 17 heteroatoms. The number of piperidine rings is 1. The van der Waals surface area contributed by atoms with Crippen molar-refractivity contribution in [2.45, 2.75) is 57.3 Å². The van der Waals surface area contributed by atoms with Crippen molar-refractivity contribution in [3.8, 4) is 0 Å². The Morgan fingerprint density at radius 3 is 2.16 bits per heavy atom. The van der Waals surface area contributed by atoms with E-state index in [0.717, 1.165) is 48.1 Å². The van der Waals surface area contributed by atoms with Gasteiger partial charge in [0.05, 0.1) is 11.5 Å². The van der Waals surface area contributed by atoms with E-state index < -0.39 is 36.0 Å². The van der Waals surface area contributed by atoms with Gasteiger partial charge in [-0.3, -0.25) is 19.2 Å². The average molecular weight is 734 g/mol. The maximum Gasteiger partial charge on any atom is 0.490 e. The van der Waals surface area contributed by atoms with Crippen LogP contribution in [0.15, 0.2) is 54.6 Å². The van der Waals surface area contributed by atoms with E-state index >= 15 is 0 Å². The van der Waals surface area contributed by atoms with Crippen molar-refractivity contribution in [3.05, 3.63) is 92.2 Å². The lowest BCUT2D eigenvalue weighted by Gasteiger charge is -2.31. The van der Waals surface area contributed by atoms with Gasteiger partial charge in [0.2, 0.25) is 5.91 Å². The monoisotopic (exact) mass is 733 g/mol. The van der Waals surface area contributed by atoms with Crippen LogP contribution in [0.4, 0.5) is 13.2 Å². The number of aryl methyl sites for hydroxylation is 1. The fourth-order valence-corrected chi connectivity index (χ4v) is 6.74. The Hall–Kier alpha value is -5.29. The van der Waals surface area contributed by atoms with Gasteiger partial charge in [-0.2, -0.15) is 13.2 Å². The van der Waals surface area contributed by atoms with Crippen molar-refractivity contribution in [3.63, 3.8) is 0 Å². The summed E-state index contributed by atoms with van der Waals surface area (Å²) < 4.78 is 31.7. The molecule has 2 unspecified atom stereocenters. The summed E-state index contributed by atoms with van der Waals surface area (Å²) in [5.74, 6) is -5.71. The number of nitrogens with zero attached hydrogens (tertiary/aromatic N) is 1. The number of nitrogens with one attached hydrogen (secondary N) is 1. The summed E-state index contributed by atoms with van der Waals surface area (Å²) in [6.07, 6.45) is 0.185. The number of rotatable bonds is 8. The molecule has 13 nitrogen and oxygen atoms in total. The van der Waals surface area contributed by atoms with Crippen LogP contribution in [0.2, 0.25) is 0 Å². The maximum absolute atomic E-state index is 13.0. The lowest BCUT2D eigenvalue weighted by Crippen LogP contribution is -2.44. The van der Waals surface area contributed by atoms with Crippen molar-refractivity contribution in [2.75, 3.05) is 13.1 Å². The molecule has 1 fully saturated rings. The Morgan fingerprint density at radius 2 is 1.59 bits per heavy atom. The first-order chi connectivity index (χ1) is 24.0. The molecule has 0 radical (unpaired) electrons. The topological polar surface area (TPSA) is 236 Å². The number of primary amides is 2. The van der Waals surface area contributed by atoms with Crippen LogP contribution >= 0.6 is 11.3 Å². The molecule has 2 heterocycles. The highest BCUT2D eigenvalue weighted by molar-refractivity contribution is 7.14. The van der Waals surface area contributed by atoms with Gasteiger partial charge in [-0.25, -0.2) is 9.59 Å². The summed E-state index contributed by atoms with van der Waals surface area (Å²) in [6.45, 7) is 1.24. The van der Waals surface area contributed by atoms with Gasteiger partial charge in [0, 0.05) is 30.1 Å². The number of nitrogens with two attached hydrogens (primary N) is 3. The summed E-state index contributed by atoms with van der Waals surface area (Å²) in [5, 5.41) is 18.9. The molecular weight excluding hydrogens is 695 g/mol. The maximum atomic E-state index is 13.0. The van der Waals surface area contributed by atoms with E-state index in [0.29, 0.717) is 47.6 Å². The second kappa shape index (κ2) is 18.1. The Balaban J connectivity index is 0.000000234. The van der Waals surface area contributed by atoms with E-state index in [1.807, 2.05) is 6.07 Å². The summed E-state index contributed by atoms with van der Waals surface area (Å²) in [6, 6.07) is 14.3. The molecule has 0 saturated carbocycles. The van der Waals surface area contributed by atoms with Crippen LogP contribution in [0.25, 0.3) is 0 Å². The third-order valence-corrected chi connectivity index (χ3v) is 9.35. The molecule has 9 N–H and O–H groups in total. The molecule has 2 aliphatic rings. The van der Waals surface area contributed by atoms with Crippen LogP contribution < -0.4 is 22.5 Å². The number of hydrogen-bond donors (Lipinski definition) is 6. The number of likely N-dealkylation sites (tertiary alicyclic amines) is 1. The van der Waals surface area contributed by atoms with E-state index in [9.17, 15) is 42.3 Å². The smallest absolute Gasteiger partial charge is 0.479 e. The van der Waals surface area contributed by atoms with Crippen LogP contribution in [-0.2, 0) is 33.8 Å². The summed E-state index contributed by atoms with van der Waals surface area (Å²) in [7, 11) is 0. The number of benzene rings is 2. The van der Waals surface area contributed by atoms with Crippen LogP contribution in [0.1, 0.15) is 83.7 Å². The number of carboxylic acids is 2. The number of carbonyl (C=O) groups is 6. The number of fused-ring (bicyclic) bond motifs is 1. The number of halogens is 3. The minimum absolute atomic E-state index is 0.177. The van der Waals surface area contributed by atoms with Crippen molar-refractivity contribution in [1.82, 2.24) is 10.2 Å². The van der Waals surface area contributed by atoms with Crippen LogP contribution in [-0.4, -0.2) is 69.9 Å². The zero-order valence-corrected chi connectivity index (χ0v) is 28.1. The highest BCUT2D eigenvalue weighted by atomic mass is 32.1. The van der Waals surface area contributed by atoms with Gasteiger partial charge >= 0.3 is 18.1 Å². The summed E-state index contributed by atoms with van der Waals surface area (Å²) in [4.78, 5) is 71.8. The zero-order valence-electron chi connectivity index (χ0n) is 27.3. The molecule has 4 amide bonds. The van der Waals surface area contributed by atoms with Crippen LogP contribution in [0.5, 0.6) is 0 Å². The Bertz CT molecular complexity index is 1750. The van der Waals surface area contributed by atoms with E-state index in [1.165, 1.54) is 11.3 Å². The molecule has 2 aromatic carbocycles. The lowest BCUT2D eigenvalue weighted by atomic mass is 9.92. The van der Waals surface area contributed by atoms with Gasteiger partial charge < -0.3 is 37.6 Å². The van der Waals surface area contributed by atoms with Crippen molar-refractivity contribution < 1.29 is 52.2 Å². The van der Waals surface area contributed by atoms with E-state index in [1.54, 1.807) is 53.4 Å². The molecule has 2 atom stereocenters. The summed E-state index contributed by atoms with van der Waals surface area (Å²) >= 11 is 1.36. The molecule has 1 saturated heterocycles. The number of carbonyl (C=O) groups excluding carboxylic acids is 4.